The third-order valence-corrected chi connectivity index (χ3v) is 7.58. The van der Waals surface area contributed by atoms with Crippen LogP contribution in [0, 0.1) is 5.82 Å². The highest BCUT2D eigenvalue weighted by Gasteiger charge is 2.36. The predicted molar refractivity (Wildman–Crippen MR) is 126 cm³/mol. The zero-order valence-electron chi connectivity index (χ0n) is 18.3. The molecular formula is C23H25ClFN5O2S. The molecular weight excluding hydrogens is 465 g/mol. The average molecular weight is 490 g/mol. The van der Waals surface area contributed by atoms with Crippen LogP contribution in [0.5, 0.6) is 0 Å². The van der Waals surface area contributed by atoms with Gasteiger partial charge >= 0.3 is 5.97 Å². The number of nitrogens with zero attached hydrogens (tertiary/aromatic N) is 4. The van der Waals surface area contributed by atoms with Crippen molar-refractivity contribution < 1.29 is 13.9 Å². The topological polar surface area (TPSA) is 70.1 Å². The summed E-state index contributed by atoms with van der Waals surface area (Å²) in [5.74, 6) is -0.359. The first-order valence-electron chi connectivity index (χ1n) is 11.0. The van der Waals surface area contributed by atoms with Crippen molar-refractivity contribution >= 4 is 34.7 Å². The lowest BCUT2D eigenvalue weighted by Gasteiger charge is -2.39. The molecule has 3 aliphatic rings. The van der Waals surface area contributed by atoms with Crippen LogP contribution in [0.3, 0.4) is 0 Å². The SMILES string of the molecule is COC(=O)C1=C(CN2CCN3CCCC3C2)NC(c2nccs2)=N[C@H]1c1ccc(F)cc1Cl. The molecule has 10 heteroatoms. The minimum atomic E-state index is -0.728. The van der Waals surface area contributed by atoms with Gasteiger partial charge in [0, 0.05) is 60.1 Å². The second-order valence-electron chi connectivity index (χ2n) is 8.46. The van der Waals surface area contributed by atoms with Crippen molar-refractivity contribution in [1.29, 1.82) is 0 Å². The summed E-state index contributed by atoms with van der Waals surface area (Å²) in [7, 11) is 1.35. The number of halogens is 2. The molecule has 0 spiro atoms. The third-order valence-electron chi connectivity index (χ3n) is 6.48. The van der Waals surface area contributed by atoms with Crippen LogP contribution in [0.4, 0.5) is 4.39 Å². The van der Waals surface area contributed by atoms with Gasteiger partial charge in [0.1, 0.15) is 11.9 Å². The maximum atomic E-state index is 13.8. The quantitative estimate of drug-likeness (QED) is 0.650. The number of aliphatic imine (C=N–C) groups is 1. The Morgan fingerprint density at radius 3 is 3.00 bits per heavy atom. The van der Waals surface area contributed by atoms with Crippen LogP contribution in [0.2, 0.25) is 5.02 Å². The standard InChI is InChI=1S/C23H25ClFN5O2S/c1-32-23(31)19-18(13-29-8-9-30-7-2-3-15(30)12-29)27-21(22-26-6-10-33-22)28-20(19)16-5-4-14(25)11-17(16)24/h4-6,10-11,15,20H,2-3,7-9,12-13H2,1H3,(H,27,28)/t15?,20-/m0/s1. The van der Waals surface area contributed by atoms with Gasteiger partial charge in [0.25, 0.3) is 0 Å². The number of thiazole rings is 1. The molecule has 3 aliphatic heterocycles. The summed E-state index contributed by atoms with van der Waals surface area (Å²) < 4.78 is 18.9. The van der Waals surface area contributed by atoms with Gasteiger partial charge in [0.05, 0.1) is 12.7 Å². The van der Waals surface area contributed by atoms with Gasteiger partial charge in [0.2, 0.25) is 0 Å². The van der Waals surface area contributed by atoms with E-state index in [0.29, 0.717) is 34.6 Å². The molecule has 1 N–H and O–H groups in total. The number of hydrogen-bond acceptors (Lipinski definition) is 8. The molecule has 0 amide bonds. The first-order chi connectivity index (χ1) is 16.0. The highest BCUT2D eigenvalue weighted by Crippen LogP contribution is 2.37. The summed E-state index contributed by atoms with van der Waals surface area (Å²) in [6, 6.07) is 3.97. The van der Waals surface area contributed by atoms with E-state index in [4.69, 9.17) is 21.3 Å². The maximum Gasteiger partial charge on any atom is 0.338 e. The monoisotopic (exact) mass is 489 g/mol. The van der Waals surface area contributed by atoms with Crippen LogP contribution in [0.15, 0.2) is 46.0 Å². The second-order valence-corrected chi connectivity index (χ2v) is 9.76. The number of hydrogen-bond donors (Lipinski definition) is 1. The van der Waals surface area contributed by atoms with Crippen molar-refractivity contribution in [1.82, 2.24) is 20.1 Å². The highest BCUT2D eigenvalue weighted by atomic mass is 35.5. The first-order valence-corrected chi connectivity index (χ1v) is 12.3. The molecule has 2 saturated heterocycles. The Morgan fingerprint density at radius 1 is 1.36 bits per heavy atom. The number of amidine groups is 1. The fourth-order valence-electron chi connectivity index (χ4n) is 4.89. The second kappa shape index (κ2) is 9.50. The van der Waals surface area contributed by atoms with E-state index in [1.807, 2.05) is 5.38 Å². The Balaban J connectivity index is 1.55. The summed E-state index contributed by atoms with van der Waals surface area (Å²) in [5, 5.41) is 6.16. The van der Waals surface area contributed by atoms with Crippen molar-refractivity contribution in [3.05, 3.63) is 62.5 Å². The van der Waals surface area contributed by atoms with Crippen molar-refractivity contribution in [2.24, 2.45) is 4.99 Å². The summed E-state index contributed by atoms with van der Waals surface area (Å²) in [5.41, 5.74) is 1.66. The number of methoxy groups -OCH3 is 1. The van der Waals surface area contributed by atoms with Crippen molar-refractivity contribution in [2.45, 2.75) is 24.9 Å². The van der Waals surface area contributed by atoms with Crippen LogP contribution < -0.4 is 5.32 Å². The van der Waals surface area contributed by atoms with Crippen molar-refractivity contribution in [3.63, 3.8) is 0 Å². The molecule has 1 unspecified atom stereocenters. The van der Waals surface area contributed by atoms with Gasteiger partial charge in [-0.1, -0.05) is 17.7 Å². The van der Waals surface area contributed by atoms with Gasteiger partial charge in [0.15, 0.2) is 10.8 Å². The largest absolute Gasteiger partial charge is 0.466 e. The van der Waals surface area contributed by atoms with E-state index in [9.17, 15) is 9.18 Å². The average Bonchev–Trinajstić information content (AvgIpc) is 3.50. The van der Waals surface area contributed by atoms with E-state index in [0.717, 1.165) is 25.3 Å². The van der Waals surface area contributed by atoms with Gasteiger partial charge in [-0.05, 0) is 31.5 Å². The number of piperazine rings is 1. The van der Waals surface area contributed by atoms with E-state index in [2.05, 4.69) is 20.1 Å². The Morgan fingerprint density at radius 2 is 2.24 bits per heavy atom. The minimum absolute atomic E-state index is 0.212. The predicted octanol–water partition coefficient (Wildman–Crippen LogP) is 3.23. The molecule has 0 saturated carbocycles. The van der Waals surface area contributed by atoms with Crippen molar-refractivity contribution in [2.75, 3.05) is 39.8 Å². The number of aromatic nitrogens is 1. The molecule has 2 atom stereocenters. The van der Waals surface area contributed by atoms with Gasteiger partial charge in [-0.25, -0.2) is 14.2 Å². The number of carbonyl (C=O) groups is 1. The molecule has 1 aromatic carbocycles. The Hall–Kier alpha value is -2.33. The number of carbonyl (C=O) groups excluding carboxylic acids is 1. The van der Waals surface area contributed by atoms with Crippen LogP contribution in [-0.4, -0.2) is 72.5 Å². The molecule has 2 aromatic rings. The molecule has 7 nitrogen and oxygen atoms in total. The molecule has 174 valence electrons. The maximum absolute atomic E-state index is 13.8. The fraction of sp³-hybridized carbons (Fsp3) is 0.435. The van der Waals surface area contributed by atoms with E-state index in [-0.39, 0.29) is 5.02 Å². The van der Waals surface area contributed by atoms with Gasteiger partial charge in [-0.2, -0.15) is 0 Å². The number of rotatable bonds is 5. The van der Waals surface area contributed by atoms with E-state index in [1.54, 1.807) is 12.3 Å². The summed E-state index contributed by atoms with van der Waals surface area (Å²) in [4.78, 5) is 27.1. The van der Waals surface area contributed by atoms with Crippen LogP contribution in [0.1, 0.15) is 29.5 Å². The molecule has 1 aromatic heterocycles. The molecule has 0 bridgehead atoms. The molecule has 0 aliphatic carbocycles. The number of benzene rings is 1. The fourth-order valence-corrected chi connectivity index (χ4v) is 5.75. The third kappa shape index (κ3) is 4.55. The van der Waals surface area contributed by atoms with Crippen LogP contribution >= 0.6 is 22.9 Å². The molecule has 0 radical (unpaired) electrons. The minimum Gasteiger partial charge on any atom is -0.466 e. The van der Waals surface area contributed by atoms with E-state index >= 15 is 0 Å². The van der Waals surface area contributed by atoms with Gasteiger partial charge in [-0.15, -0.1) is 11.3 Å². The normalized spacial score (nSPS) is 23.8. The van der Waals surface area contributed by atoms with Gasteiger partial charge < -0.3 is 10.1 Å². The summed E-state index contributed by atoms with van der Waals surface area (Å²) in [6.07, 6.45) is 4.15. The lowest BCUT2D eigenvalue weighted by atomic mass is 9.95. The summed E-state index contributed by atoms with van der Waals surface area (Å²) >= 11 is 7.87. The number of esters is 1. The molecule has 33 heavy (non-hydrogen) atoms. The Kier molecular flexibility index (Phi) is 6.47. The Bertz CT molecular complexity index is 1110. The lowest BCUT2D eigenvalue weighted by Crippen LogP contribution is -2.51. The van der Waals surface area contributed by atoms with Crippen LogP contribution in [-0.2, 0) is 9.53 Å². The highest BCUT2D eigenvalue weighted by molar-refractivity contribution is 7.11. The molecule has 4 heterocycles. The van der Waals surface area contributed by atoms with Crippen LogP contribution in [0.25, 0.3) is 0 Å². The van der Waals surface area contributed by atoms with Gasteiger partial charge in [-0.3, -0.25) is 14.8 Å². The van der Waals surface area contributed by atoms with E-state index < -0.39 is 17.8 Å². The zero-order chi connectivity index (χ0) is 22.9. The Labute approximate surface area is 200 Å². The lowest BCUT2D eigenvalue weighted by molar-refractivity contribution is -0.136. The molecule has 5 rings (SSSR count). The molecule has 2 fully saturated rings. The van der Waals surface area contributed by atoms with E-state index in [1.165, 1.54) is 50.0 Å². The number of ether oxygens (including phenoxy) is 1. The summed E-state index contributed by atoms with van der Waals surface area (Å²) in [6.45, 7) is 4.60. The smallest absolute Gasteiger partial charge is 0.338 e. The first kappa shape index (κ1) is 22.5. The number of nitrogens with one attached hydrogen (secondary N) is 1. The van der Waals surface area contributed by atoms with Crippen molar-refractivity contribution in [3.8, 4) is 0 Å². The number of fused-ring (bicyclic) bond motifs is 1. The zero-order valence-corrected chi connectivity index (χ0v) is 19.8.